The molecule has 0 aromatic carbocycles. The average Bonchev–Trinajstić information content (AvgIpc) is 2.74. The highest BCUT2D eigenvalue weighted by atomic mass is 16.4. The topological polar surface area (TPSA) is 37.3 Å². The molecule has 0 bridgehead atoms. The van der Waals surface area contributed by atoms with E-state index in [0.717, 1.165) is 12.8 Å². The summed E-state index contributed by atoms with van der Waals surface area (Å²) in [7, 11) is 0. The Morgan fingerprint density at radius 2 is 0.733 bits per heavy atom. The molecular formula is C28H56O2. The van der Waals surface area contributed by atoms with Crippen LogP contribution < -0.4 is 0 Å². The molecule has 0 spiro atoms. The number of rotatable bonds is 25. The highest BCUT2D eigenvalue weighted by molar-refractivity contribution is 5.69. The fraction of sp³-hybridized carbons (Fsp3) is 0.964. The molecule has 1 N–H and O–H groups in total. The van der Waals surface area contributed by atoms with E-state index in [1.54, 1.807) is 0 Å². The SMILES string of the molecule is CCCCCCCCCCCCCCCCCCCCCCCCCC(C)C(=O)O. The lowest BCUT2D eigenvalue weighted by molar-refractivity contribution is -0.141. The third-order valence-corrected chi connectivity index (χ3v) is 6.66. The van der Waals surface area contributed by atoms with E-state index in [1.165, 1.54) is 141 Å². The minimum Gasteiger partial charge on any atom is -0.481 e. The van der Waals surface area contributed by atoms with Crippen molar-refractivity contribution in [2.24, 2.45) is 5.92 Å². The maximum Gasteiger partial charge on any atom is 0.306 e. The Labute approximate surface area is 190 Å². The van der Waals surface area contributed by atoms with Crippen LogP contribution in [0.5, 0.6) is 0 Å². The number of unbranched alkanes of at least 4 members (excludes halogenated alkanes) is 22. The molecule has 0 aliphatic rings. The molecule has 0 fully saturated rings. The molecule has 0 radical (unpaired) electrons. The van der Waals surface area contributed by atoms with Crippen LogP contribution in [0, 0.1) is 5.92 Å². The van der Waals surface area contributed by atoms with Gasteiger partial charge in [0.15, 0.2) is 0 Å². The van der Waals surface area contributed by atoms with Crippen LogP contribution in [0.1, 0.15) is 168 Å². The second-order valence-corrected chi connectivity index (χ2v) is 9.81. The van der Waals surface area contributed by atoms with E-state index in [1.807, 2.05) is 6.92 Å². The van der Waals surface area contributed by atoms with Gasteiger partial charge in [-0.3, -0.25) is 4.79 Å². The standard InChI is InChI=1S/C28H56O2/c1-3-4-5-6-7-8-9-10-11-12-13-14-15-16-17-18-19-20-21-22-23-24-25-26-27(2)28(29)30/h27H,3-26H2,1-2H3,(H,29,30). The van der Waals surface area contributed by atoms with Crippen LogP contribution in [0.15, 0.2) is 0 Å². The zero-order valence-corrected chi connectivity index (χ0v) is 20.9. The molecule has 1 atom stereocenters. The van der Waals surface area contributed by atoms with Crippen molar-refractivity contribution in [1.82, 2.24) is 0 Å². The molecule has 180 valence electrons. The number of carbonyl (C=O) groups is 1. The van der Waals surface area contributed by atoms with Gasteiger partial charge in [-0.1, -0.05) is 162 Å². The zero-order chi connectivity index (χ0) is 22.1. The Morgan fingerprint density at radius 3 is 0.967 bits per heavy atom. The first-order valence-corrected chi connectivity index (χ1v) is 13.9. The first-order valence-electron chi connectivity index (χ1n) is 13.9. The summed E-state index contributed by atoms with van der Waals surface area (Å²) in [5.41, 5.74) is 0. The highest BCUT2D eigenvalue weighted by Gasteiger charge is 2.09. The van der Waals surface area contributed by atoms with E-state index < -0.39 is 5.97 Å². The van der Waals surface area contributed by atoms with Crippen molar-refractivity contribution in [3.05, 3.63) is 0 Å². The van der Waals surface area contributed by atoms with E-state index in [0.29, 0.717) is 0 Å². The van der Waals surface area contributed by atoms with Crippen molar-refractivity contribution in [3.63, 3.8) is 0 Å². The van der Waals surface area contributed by atoms with Gasteiger partial charge in [0.05, 0.1) is 5.92 Å². The lowest BCUT2D eigenvalue weighted by Crippen LogP contribution is -2.08. The summed E-state index contributed by atoms with van der Waals surface area (Å²) in [4.78, 5) is 10.8. The summed E-state index contributed by atoms with van der Waals surface area (Å²) in [6, 6.07) is 0. The average molecular weight is 425 g/mol. The molecule has 0 rings (SSSR count). The molecular weight excluding hydrogens is 368 g/mol. The Hall–Kier alpha value is -0.530. The van der Waals surface area contributed by atoms with Crippen molar-refractivity contribution in [2.75, 3.05) is 0 Å². The summed E-state index contributed by atoms with van der Waals surface area (Å²) in [5, 5.41) is 8.86. The molecule has 0 saturated heterocycles. The van der Waals surface area contributed by atoms with Crippen LogP contribution in [-0.4, -0.2) is 11.1 Å². The van der Waals surface area contributed by atoms with E-state index in [2.05, 4.69) is 6.92 Å². The molecule has 0 aliphatic carbocycles. The van der Waals surface area contributed by atoms with Crippen LogP contribution in [0.2, 0.25) is 0 Å². The van der Waals surface area contributed by atoms with Crippen molar-refractivity contribution < 1.29 is 9.90 Å². The summed E-state index contributed by atoms with van der Waals surface area (Å²) < 4.78 is 0. The molecule has 0 aromatic heterocycles. The molecule has 2 heteroatoms. The number of carboxylic acids is 1. The number of hydrogen-bond donors (Lipinski definition) is 1. The minimum absolute atomic E-state index is 0.167. The Balaban J connectivity index is 3.04. The second kappa shape index (κ2) is 24.7. The fourth-order valence-corrected chi connectivity index (χ4v) is 4.36. The third kappa shape index (κ3) is 23.7. The van der Waals surface area contributed by atoms with Gasteiger partial charge in [0, 0.05) is 0 Å². The zero-order valence-electron chi connectivity index (χ0n) is 20.9. The predicted octanol–water partition coefficient (Wildman–Crippen LogP) is 10.1. The number of aliphatic carboxylic acids is 1. The maximum atomic E-state index is 10.8. The quantitative estimate of drug-likeness (QED) is 0.148. The molecule has 30 heavy (non-hydrogen) atoms. The first kappa shape index (κ1) is 29.5. The Bertz CT molecular complexity index is 340. The van der Waals surface area contributed by atoms with E-state index in [9.17, 15) is 4.79 Å². The third-order valence-electron chi connectivity index (χ3n) is 6.66. The smallest absolute Gasteiger partial charge is 0.306 e. The number of hydrogen-bond acceptors (Lipinski definition) is 1. The minimum atomic E-state index is -0.645. The highest BCUT2D eigenvalue weighted by Crippen LogP contribution is 2.16. The van der Waals surface area contributed by atoms with Crippen LogP contribution in [0.4, 0.5) is 0 Å². The predicted molar refractivity (Wildman–Crippen MR) is 133 cm³/mol. The molecule has 2 nitrogen and oxygen atoms in total. The van der Waals surface area contributed by atoms with Gasteiger partial charge in [0.1, 0.15) is 0 Å². The van der Waals surface area contributed by atoms with Gasteiger partial charge in [0.25, 0.3) is 0 Å². The van der Waals surface area contributed by atoms with Gasteiger partial charge in [0.2, 0.25) is 0 Å². The monoisotopic (exact) mass is 424 g/mol. The maximum absolute atomic E-state index is 10.8. The molecule has 0 heterocycles. The first-order chi connectivity index (χ1) is 14.7. The van der Waals surface area contributed by atoms with Crippen LogP contribution in [0.25, 0.3) is 0 Å². The lowest BCUT2D eigenvalue weighted by atomic mass is 10.0. The molecule has 0 aliphatic heterocycles. The van der Waals surface area contributed by atoms with Gasteiger partial charge >= 0.3 is 5.97 Å². The summed E-state index contributed by atoms with van der Waals surface area (Å²) in [6.07, 6.45) is 33.1. The van der Waals surface area contributed by atoms with E-state index in [4.69, 9.17) is 5.11 Å². The number of carboxylic acid groups (broad SMARTS) is 1. The molecule has 0 saturated carbocycles. The summed E-state index contributed by atoms with van der Waals surface area (Å²) in [5.74, 6) is -0.811. The van der Waals surface area contributed by atoms with Crippen LogP contribution >= 0.6 is 0 Å². The Morgan fingerprint density at radius 1 is 0.500 bits per heavy atom. The van der Waals surface area contributed by atoms with E-state index in [-0.39, 0.29) is 5.92 Å². The van der Waals surface area contributed by atoms with Gasteiger partial charge in [-0.05, 0) is 6.42 Å². The molecule has 0 aromatic rings. The van der Waals surface area contributed by atoms with Crippen molar-refractivity contribution >= 4 is 5.97 Å². The van der Waals surface area contributed by atoms with Gasteiger partial charge in [-0.25, -0.2) is 0 Å². The van der Waals surface area contributed by atoms with Crippen molar-refractivity contribution in [3.8, 4) is 0 Å². The van der Waals surface area contributed by atoms with Crippen LogP contribution in [-0.2, 0) is 4.79 Å². The normalized spacial score (nSPS) is 12.3. The van der Waals surface area contributed by atoms with Gasteiger partial charge in [-0.15, -0.1) is 0 Å². The lowest BCUT2D eigenvalue weighted by Gasteiger charge is -2.06. The molecule has 0 amide bonds. The summed E-state index contributed by atoms with van der Waals surface area (Å²) >= 11 is 0. The second-order valence-electron chi connectivity index (χ2n) is 9.81. The van der Waals surface area contributed by atoms with Crippen molar-refractivity contribution in [2.45, 2.75) is 168 Å². The molecule has 1 unspecified atom stereocenters. The fourth-order valence-electron chi connectivity index (χ4n) is 4.36. The largest absolute Gasteiger partial charge is 0.481 e. The summed E-state index contributed by atoms with van der Waals surface area (Å²) in [6.45, 7) is 4.11. The Kier molecular flexibility index (Phi) is 24.3. The van der Waals surface area contributed by atoms with Gasteiger partial charge < -0.3 is 5.11 Å². The van der Waals surface area contributed by atoms with Gasteiger partial charge in [-0.2, -0.15) is 0 Å². The van der Waals surface area contributed by atoms with Crippen molar-refractivity contribution in [1.29, 1.82) is 0 Å². The van der Waals surface area contributed by atoms with Crippen LogP contribution in [0.3, 0.4) is 0 Å². The van der Waals surface area contributed by atoms with E-state index >= 15 is 0 Å².